The molecule has 0 radical (unpaired) electrons. The van der Waals surface area contributed by atoms with Crippen molar-refractivity contribution in [3.8, 4) is 0 Å². The molecule has 0 saturated heterocycles. The quantitative estimate of drug-likeness (QED) is 0.582. The van der Waals surface area contributed by atoms with Gasteiger partial charge in [0.15, 0.2) is 0 Å². The van der Waals surface area contributed by atoms with Crippen LogP contribution in [0.4, 0.5) is 5.69 Å². The molecule has 18 heavy (non-hydrogen) atoms. The summed E-state index contributed by atoms with van der Waals surface area (Å²) in [5.41, 5.74) is 7.30. The maximum absolute atomic E-state index is 6.16. The number of anilines is 1. The third kappa shape index (κ3) is 5.23. The predicted molar refractivity (Wildman–Crippen MR) is 84.5 cm³/mol. The second-order valence-corrected chi connectivity index (χ2v) is 5.72. The van der Waals surface area contributed by atoms with Gasteiger partial charge in [-0.15, -0.1) is 0 Å². The fourth-order valence-electron chi connectivity index (χ4n) is 1.71. The van der Waals surface area contributed by atoms with Crippen LogP contribution in [0, 0.1) is 5.92 Å². The first-order valence-corrected chi connectivity index (χ1v) is 7.12. The van der Waals surface area contributed by atoms with Crippen molar-refractivity contribution in [1.29, 1.82) is 0 Å². The Morgan fingerprint density at radius 1 is 1.39 bits per heavy atom. The van der Waals surface area contributed by atoms with E-state index >= 15 is 0 Å². The van der Waals surface area contributed by atoms with Crippen LogP contribution in [0.25, 0.3) is 0 Å². The van der Waals surface area contributed by atoms with Crippen LogP contribution in [-0.2, 0) is 0 Å². The molecule has 0 aromatic heterocycles. The zero-order valence-corrected chi connectivity index (χ0v) is 12.6. The fourth-order valence-corrected chi connectivity index (χ4v) is 2.09. The Balaban J connectivity index is 2.41. The lowest BCUT2D eigenvalue weighted by Gasteiger charge is -2.10. The van der Waals surface area contributed by atoms with Crippen LogP contribution < -0.4 is 11.1 Å². The number of rotatable bonds is 7. The Hall–Kier alpha value is -0.800. The zero-order valence-electron chi connectivity index (χ0n) is 11.0. The highest BCUT2D eigenvalue weighted by atomic mass is 35.5. The maximum atomic E-state index is 6.16. The van der Waals surface area contributed by atoms with E-state index in [-0.39, 0.29) is 0 Å². The van der Waals surface area contributed by atoms with E-state index in [1.165, 1.54) is 12.8 Å². The van der Waals surface area contributed by atoms with Crippen LogP contribution in [0.2, 0.25) is 5.02 Å². The summed E-state index contributed by atoms with van der Waals surface area (Å²) in [6.07, 6.45) is 3.68. The minimum Gasteiger partial charge on any atom is -0.389 e. The Kier molecular flexibility index (Phi) is 6.44. The van der Waals surface area contributed by atoms with Crippen molar-refractivity contribution in [3.05, 3.63) is 28.8 Å². The standard InChI is InChI=1S/C14H21ClN2S/c1-10(2)5-3-4-8-17-13-7-6-11(14(16)18)9-12(13)15/h6-7,9-10,17H,3-5,8H2,1-2H3,(H2,16,18). The van der Waals surface area contributed by atoms with Crippen molar-refractivity contribution >= 4 is 34.5 Å². The molecule has 0 bridgehead atoms. The van der Waals surface area contributed by atoms with Gasteiger partial charge in [-0.1, -0.05) is 50.5 Å². The third-order valence-corrected chi connectivity index (χ3v) is 3.33. The number of hydrogen-bond donors (Lipinski definition) is 2. The van der Waals surface area contributed by atoms with E-state index in [1.807, 2.05) is 12.1 Å². The fraction of sp³-hybridized carbons (Fsp3) is 0.500. The normalized spacial score (nSPS) is 10.7. The van der Waals surface area contributed by atoms with Crippen LogP contribution in [0.5, 0.6) is 0 Å². The lowest BCUT2D eigenvalue weighted by atomic mass is 10.1. The van der Waals surface area contributed by atoms with Gasteiger partial charge in [0.25, 0.3) is 0 Å². The van der Waals surface area contributed by atoms with Crippen molar-refractivity contribution in [2.24, 2.45) is 11.7 Å². The van der Waals surface area contributed by atoms with Crippen LogP contribution in [0.3, 0.4) is 0 Å². The van der Waals surface area contributed by atoms with Gasteiger partial charge in [0, 0.05) is 12.1 Å². The number of thiocarbonyl (C=S) groups is 1. The second-order valence-electron chi connectivity index (χ2n) is 4.88. The molecule has 4 heteroatoms. The first-order chi connectivity index (χ1) is 8.50. The molecule has 1 aromatic rings. The van der Waals surface area contributed by atoms with Gasteiger partial charge in [-0.25, -0.2) is 0 Å². The molecule has 1 aromatic carbocycles. The number of hydrogen-bond acceptors (Lipinski definition) is 2. The number of halogens is 1. The largest absolute Gasteiger partial charge is 0.389 e. The van der Waals surface area contributed by atoms with Crippen LogP contribution in [0.1, 0.15) is 38.7 Å². The SMILES string of the molecule is CC(C)CCCCNc1ccc(C(N)=S)cc1Cl. The van der Waals surface area contributed by atoms with E-state index in [9.17, 15) is 0 Å². The van der Waals surface area contributed by atoms with E-state index in [4.69, 9.17) is 29.6 Å². The van der Waals surface area contributed by atoms with E-state index < -0.39 is 0 Å². The molecule has 3 N–H and O–H groups in total. The molecule has 0 fully saturated rings. The van der Waals surface area contributed by atoms with Gasteiger partial charge in [0.2, 0.25) is 0 Å². The van der Waals surface area contributed by atoms with Gasteiger partial charge in [-0.2, -0.15) is 0 Å². The highest BCUT2D eigenvalue weighted by Crippen LogP contribution is 2.23. The lowest BCUT2D eigenvalue weighted by Crippen LogP contribution is -2.09. The minimum atomic E-state index is 0.375. The van der Waals surface area contributed by atoms with Gasteiger partial charge >= 0.3 is 0 Å². The number of nitrogens with one attached hydrogen (secondary N) is 1. The number of nitrogens with two attached hydrogens (primary N) is 1. The summed E-state index contributed by atoms with van der Waals surface area (Å²) < 4.78 is 0. The molecule has 2 nitrogen and oxygen atoms in total. The van der Waals surface area contributed by atoms with Crippen molar-refractivity contribution in [2.45, 2.75) is 33.1 Å². The molecular formula is C14H21ClN2S. The average Bonchev–Trinajstić information content (AvgIpc) is 2.29. The highest BCUT2D eigenvalue weighted by Gasteiger charge is 2.03. The molecule has 0 spiro atoms. The highest BCUT2D eigenvalue weighted by molar-refractivity contribution is 7.80. The molecule has 0 atom stereocenters. The molecule has 0 aliphatic carbocycles. The summed E-state index contributed by atoms with van der Waals surface area (Å²) in [6.45, 7) is 5.44. The van der Waals surface area contributed by atoms with Gasteiger partial charge in [0.05, 0.1) is 10.7 Å². The van der Waals surface area contributed by atoms with Crippen LogP contribution >= 0.6 is 23.8 Å². The van der Waals surface area contributed by atoms with Crippen molar-refractivity contribution < 1.29 is 0 Å². The van der Waals surface area contributed by atoms with Crippen molar-refractivity contribution in [3.63, 3.8) is 0 Å². The Bertz CT molecular complexity index is 405. The summed E-state index contributed by atoms with van der Waals surface area (Å²) in [5.74, 6) is 0.776. The number of unbranched alkanes of at least 4 members (excludes halogenated alkanes) is 1. The van der Waals surface area contributed by atoms with Crippen LogP contribution in [0.15, 0.2) is 18.2 Å². The van der Waals surface area contributed by atoms with Gasteiger partial charge in [0.1, 0.15) is 4.99 Å². The summed E-state index contributed by atoms with van der Waals surface area (Å²) >= 11 is 11.1. The summed E-state index contributed by atoms with van der Waals surface area (Å²) in [5, 5.41) is 4.01. The molecule has 1 rings (SSSR count). The molecule has 0 heterocycles. The van der Waals surface area contributed by atoms with E-state index in [0.29, 0.717) is 10.0 Å². The monoisotopic (exact) mass is 284 g/mol. The Morgan fingerprint density at radius 2 is 2.11 bits per heavy atom. The van der Waals surface area contributed by atoms with Crippen molar-refractivity contribution in [2.75, 3.05) is 11.9 Å². The Labute approximate surface area is 120 Å². The number of benzene rings is 1. The zero-order chi connectivity index (χ0) is 13.5. The smallest absolute Gasteiger partial charge is 0.104 e. The first-order valence-electron chi connectivity index (χ1n) is 6.34. The predicted octanol–water partition coefficient (Wildman–Crippen LogP) is 4.21. The summed E-state index contributed by atoms with van der Waals surface area (Å²) in [7, 11) is 0. The van der Waals surface area contributed by atoms with E-state index in [1.54, 1.807) is 6.07 Å². The summed E-state index contributed by atoms with van der Waals surface area (Å²) in [4.78, 5) is 0.375. The van der Waals surface area contributed by atoms with E-state index in [2.05, 4.69) is 19.2 Å². The molecule has 100 valence electrons. The molecule has 0 saturated carbocycles. The molecule has 0 aliphatic heterocycles. The van der Waals surface area contributed by atoms with Gasteiger partial charge < -0.3 is 11.1 Å². The molecule has 0 amide bonds. The first kappa shape index (κ1) is 15.3. The van der Waals surface area contributed by atoms with Crippen molar-refractivity contribution in [1.82, 2.24) is 0 Å². The Morgan fingerprint density at radius 3 is 2.67 bits per heavy atom. The van der Waals surface area contributed by atoms with E-state index in [0.717, 1.165) is 30.1 Å². The third-order valence-electron chi connectivity index (χ3n) is 2.78. The van der Waals surface area contributed by atoms with Gasteiger partial charge in [-0.3, -0.25) is 0 Å². The topological polar surface area (TPSA) is 38.0 Å². The second kappa shape index (κ2) is 7.59. The average molecular weight is 285 g/mol. The molecular weight excluding hydrogens is 264 g/mol. The maximum Gasteiger partial charge on any atom is 0.104 e. The lowest BCUT2D eigenvalue weighted by molar-refractivity contribution is 0.545. The minimum absolute atomic E-state index is 0.375. The molecule has 0 aliphatic rings. The molecule has 0 unspecified atom stereocenters. The van der Waals surface area contributed by atoms with Crippen LogP contribution in [-0.4, -0.2) is 11.5 Å². The van der Waals surface area contributed by atoms with Gasteiger partial charge in [-0.05, 0) is 30.5 Å². The summed E-state index contributed by atoms with van der Waals surface area (Å²) in [6, 6.07) is 5.63.